The lowest BCUT2D eigenvalue weighted by molar-refractivity contribution is -0.115. The van der Waals surface area contributed by atoms with Crippen LogP contribution in [0.2, 0.25) is 0 Å². The Morgan fingerprint density at radius 1 is 1.00 bits per heavy atom. The minimum Gasteiger partial charge on any atom is -0.454 e. The zero-order chi connectivity index (χ0) is 18.6. The predicted molar refractivity (Wildman–Crippen MR) is 97.8 cm³/mol. The second-order valence-electron chi connectivity index (χ2n) is 6.26. The fraction of sp³-hybridized carbons (Fsp3) is 0.250. The van der Waals surface area contributed by atoms with Crippen LogP contribution >= 0.6 is 0 Å². The summed E-state index contributed by atoms with van der Waals surface area (Å²) in [5.41, 5.74) is 3.13. The molecule has 1 amide bonds. The predicted octanol–water partition coefficient (Wildman–Crippen LogP) is 3.13. The van der Waals surface area contributed by atoms with Gasteiger partial charge in [-0.1, -0.05) is 42.4 Å². The van der Waals surface area contributed by atoms with Crippen LogP contribution < -0.4 is 14.8 Å². The van der Waals surface area contributed by atoms with Crippen molar-refractivity contribution < 1.29 is 18.7 Å². The van der Waals surface area contributed by atoms with Crippen molar-refractivity contribution in [1.29, 1.82) is 0 Å². The molecule has 3 aromatic rings. The van der Waals surface area contributed by atoms with Crippen molar-refractivity contribution in [2.45, 2.75) is 26.2 Å². The number of carbonyl (C=O) groups excluding carboxylic acids is 1. The summed E-state index contributed by atoms with van der Waals surface area (Å²) in [7, 11) is 0. The Bertz CT molecular complexity index is 950. The van der Waals surface area contributed by atoms with Crippen LogP contribution in [-0.4, -0.2) is 22.9 Å². The topological polar surface area (TPSA) is 86.5 Å². The van der Waals surface area contributed by atoms with Crippen LogP contribution in [0.3, 0.4) is 0 Å². The van der Waals surface area contributed by atoms with E-state index in [1.54, 1.807) is 0 Å². The van der Waals surface area contributed by atoms with E-state index in [2.05, 4.69) is 22.4 Å². The molecule has 0 aliphatic carbocycles. The fourth-order valence-corrected chi connectivity index (χ4v) is 2.84. The molecule has 1 aliphatic rings. The van der Waals surface area contributed by atoms with Crippen molar-refractivity contribution in [2.24, 2.45) is 0 Å². The molecule has 0 atom stereocenters. The lowest BCUT2D eigenvalue weighted by Gasteiger charge is -2.02. The number of aromatic nitrogens is 2. The summed E-state index contributed by atoms with van der Waals surface area (Å²) in [6.45, 7) is 2.33. The first-order chi connectivity index (χ1) is 13.2. The van der Waals surface area contributed by atoms with Gasteiger partial charge in [-0.2, -0.15) is 0 Å². The number of nitrogens with one attached hydrogen (secondary N) is 1. The van der Waals surface area contributed by atoms with E-state index in [1.165, 1.54) is 5.56 Å². The number of nitrogens with zero attached hydrogens (tertiary/aromatic N) is 2. The van der Waals surface area contributed by atoms with Gasteiger partial charge < -0.3 is 13.9 Å². The van der Waals surface area contributed by atoms with Gasteiger partial charge in [0.2, 0.25) is 18.6 Å². The summed E-state index contributed by atoms with van der Waals surface area (Å²) in [4.78, 5) is 12.2. The molecule has 1 N–H and O–H groups in total. The molecule has 4 rings (SSSR count). The first kappa shape index (κ1) is 17.1. The summed E-state index contributed by atoms with van der Waals surface area (Å²) in [5.74, 6) is 1.65. The monoisotopic (exact) mass is 365 g/mol. The lowest BCUT2D eigenvalue weighted by atomic mass is 10.1. The lowest BCUT2D eigenvalue weighted by Crippen LogP contribution is -2.14. The van der Waals surface area contributed by atoms with E-state index in [1.807, 2.05) is 42.5 Å². The molecule has 0 spiro atoms. The largest absolute Gasteiger partial charge is 0.454 e. The second-order valence-corrected chi connectivity index (χ2v) is 6.26. The van der Waals surface area contributed by atoms with E-state index < -0.39 is 0 Å². The van der Waals surface area contributed by atoms with Gasteiger partial charge in [0.25, 0.3) is 0 Å². The van der Waals surface area contributed by atoms with Gasteiger partial charge in [-0.3, -0.25) is 10.1 Å². The molecule has 0 unspecified atom stereocenters. The number of amides is 1. The van der Waals surface area contributed by atoms with Gasteiger partial charge in [0.05, 0.1) is 12.8 Å². The SMILES string of the molecule is CCc1ccc(CC(=O)Nc2nnc(Cc3ccc4c(c3)OCO4)o2)cc1. The molecule has 2 heterocycles. The molecule has 0 bridgehead atoms. The maximum absolute atomic E-state index is 12.2. The zero-order valence-corrected chi connectivity index (χ0v) is 14.9. The highest BCUT2D eigenvalue weighted by molar-refractivity contribution is 5.90. The summed E-state index contributed by atoms with van der Waals surface area (Å²) in [6, 6.07) is 13.7. The standard InChI is InChI=1S/C20H19N3O4/c1-2-13-3-5-14(6-4-13)10-18(24)21-20-23-22-19(27-20)11-15-7-8-16-17(9-15)26-12-25-16/h3-9H,2,10-12H2,1H3,(H,21,23,24). The average Bonchev–Trinajstić information content (AvgIpc) is 3.31. The highest BCUT2D eigenvalue weighted by Crippen LogP contribution is 2.33. The van der Waals surface area contributed by atoms with Crippen LogP contribution in [-0.2, 0) is 24.1 Å². The number of fused-ring (bicyclic) bond motifs is 1. The fourth-order valence-electron chi connectivity index (χ4n) is 2.84. The molecule has 0 saturated heterocycles. The maximum Gasteiger partial charge on any atom is 0.322 e. The Labute approximate surface area is 156 Å². The molecule has 1 aliphatic heterocycles. The molecule has 138 valence electrons. The Balaban J connectivity index is 1.35. The number of aryl methyl sites for hydroxylation is 1. The zero-order valence-electron chi connectivity index (χ0n) is 14.9. The van der Waals surface area contributed by atoms with Crippen LogP contribution in [0.4, 0.5) is 6.01 Å². The molecule has 2 aromatic carbocycles. The number of benzene rings is 2. The minimum atomic E-state index is -0.197. The normalized spacial score (nSPS) is 12.2. The molecular formula is C20H19N3O4. The van der Waals surface area contributed by atoms with Crippen LogP contribution in [0.1, 0.15) is 29.5 Å². The molecule has 27 heavy (non-hydrogen) atoms. The van der Waals surface area contributed by atoms with Gasteiger partial charge >= 0.3 is 6.01 Å². The van der Waals surface area contributed by atoms with Gasteiger partial charge in [-0.25, -0.2) is 0 Å². The number of hydrogen-bond acceptors (Lipinski definition) is 6. The number of hydrogen-bond donors (Lipinski definition) is 1. The van der Waals surface area contributed by atoms with Crippen molar-refractivity contribution in [1.82, 2.24) is 10.2 Å². The Hall–Kier alpha value is -3.35. The number of ether oxygens (including phenoxy) is 2. The summed E-state index contributed by atoms with van der Waals surface area (Å²) in [5, 5.41) is 10.5. The smallest absolute Gasteiger partial charge is 0.322 e. The summed E-state index contributed by atoms with van der Waals surface area (Å²) in [6.07, 6.45) is 1.67. The van der Waals surface area contributed by atoms with E-state index in [9.17, 15) is 4.79 Å². The van der Waals surface area contributed by atoms with Crippen molar-refractivity contribution in [3.63, 3.8) is 0 Å². The van der Waals surface area contributed by atoms with Gasteiger partial charge in [0.1, 0.15) is 0 Å². The minimum absolute atomic E-state index is 0.0981. The van der Waals surface area contributed by atoms with Gasteiger partial charge in [0.15, 0.2) is 11.5 Å². The number of rotatable bonds is 6. The third-order valence-electron chi connectivity index (χ3n) is 4.30. The van der Waals surface area contributed by atoms with E-state index in [4.69, 9.17) is 13.9 Å². The third-order valence-corrected chi connectivity index (χ3v) is 4.30. The molecule has 7 heteroatoms. The quantitative estimate of drug-likeness (QED) is 0.722. The van der Waals surface area contributed by atoms with Gasteiger partial charge in [0, 0.05) is 0 Å². The van der Waals surface area contributed by atoms with Crippen LogP contribution in [0.25, 0.3) is 0 Å². The number of anilines is 1. The maximum atomic E-state index is 12.2. The summed E-state index contributed by atoms with van der Waals surface area (Å²) >= 11 is 0. The Morgan fingerprint density at radius 3 is 2.56 bits per heavy atom. The van der Waals surface area contributed by atoms with Crippen LogP contribution in [0, 0.1) is 0 Å². The highest BCUT2D eigenvalue weighted by atomic mass is 16.7. The summed E-state index contributed by atoms with van der Waals surface area (Å²) < 4.78 is 16.2. The molecule has 0 fully saturated rings. The van der Waals surface area contributed by atoms with E-state index in [0.717, 1.165) is 23.3 Å². The highest BCUT2D eigenvalue weighted by Gasteiger charge is 2.15. The Morgan fingerprint density at radius 2 is 1.74 bits per heavy atom. The van der Waals surface area contributed by atoms with Crippen molar-refractivity contribution in [3.05, 3.63) is 65.0 Å². The molecule has 1 aromatic heterocycles. The van der Waals surface area contributed by atoms with E-state index in [0.29, 0.717) is 18.1 Å². The van der Waals surface area contributed by atoms with E-state index in [-0.39, 0.29) is 25.1 Å². The Kier molecular flexibility index (Phi) is 4.74. The van der Waals surface area contributed by atoms with Crippen molar-refractivity contribution in [3.8, 4) is 11.5 Å². The van der Waals surface area contributed by atoms with Gasteiger partial charge in [-0.15, -0.1) is 5.10 Å². The van der Waals surface area contributed by atoms with E-state index >= 15 is 0 Å². The number of carbonyl (C=O) groups is 1. The van der Waals surface area contributed by atoms with Crippen LogP contribution in [0.5, 0.6) is 11.5 Å². The van der Waals surface area contributed by atoms with Gasteiger partial charge in [-0.05, 0) is 35.2 Å². The molecule has 0 saturated carbocycles. The second kappa shape index (κ2) is 7.49. The molecule has 0 radical (unpaired) electrons. The average molecular weight is 365 g/mol. The first-order valence-electron chi connectivity index (χ1n) is 8.78. The van der Waals surface area contributed by atoms with Crippen LogP contribution in [0.15, 0.2) is 46.9 Å². The van der Waals surface area contributed by atoms with Crippen molar-refractivity contribution in [2.75, 3.05) is 12.1 Å². The van der Waals surface area contributed by atoms with Crippen molar-refractivity contribution >= 4 is 11.9 Å². The molecular weight excluding hydrogens is 346 g/mol. The first-order valence-corrected chi connectivity index (χ1v) is 8.78. The third kappa shape index (κ3) is 4.08. The molecule has 7 nitrogen and oxygen atoms in total.